The van der Waals surface area contributed by atoms with Gasteiger partial charge in [0.25, 0.3) is 0 Å². The Morgan fingerprint density at radius 2 is 2.55 bits per heavy atom. The molecule has 11 heavy (non-hydrogen) atoms. The third-order valence-electron chi connectivity index (χ3n) is 0.914. The molecule has 0 radical (unpaired) electrons. The van der Waals surface area contributed by atoms with Crippen molar-refractivity contribution in [3.05, 3.63) is 12.4 Å². The standard InChI is InChI=1S/C5H6N2O4/c1-10-5(8)11-4-2-6-7(9)3-4/h2-3,9H,1H3. The summed E-state index contributed by atoms with van der Waals surface area (Å²) >= 11 is 0. The largest absolute Gasteiger partial charge is 0.513 e. The van der Waals surface area contributed by atoms with Crippen molar-refractivity contribution < 1.29 is 19.5 Å². The molecule has 0 unspecified atom stereocenters. The van der Waals surface area contributed by atoms with E-state index < -0.39 is 6.16 Å². The molecule has 0 aliphatic rings. The zero-order valence-electron chi connectivity index (χ0n) is 5.72. The Morgan fingerprint density at radius 3 is 3.00 bits per heavy atom. The SMILES string of the molecule is COC(=O)Oc1cnn(O)c1. The van der Waals surface area contributed by atoms with Gasteiger partial charge in [-0.25, -0.2) is 4.79 Å². The summed E-state index contributed by atoms with van der Waals surface area (Å²) < 4.78 is 8.66. The lowest BCUT2D eigenvalue weighted by atomic mass is 10.7. The maximum Gasteiger partial charge on any atom is 0.513 e. The van der Waals surface area contributed by atoms with Crippen LogP contribution in [0.2, 0.25) is 0 Å². The number of nitrogens with zero attached hydrogens (tertiary/aromatic N) is 2. The van der Waals surface area contributed by atoms with Gasteiger partial charge in [0.1, 0.15) is 6.20 Å². The van der Waals surface area contributed by atoms with Crippen molar-refractivity contribution in [1.82, 2.24) is 9.94 Å². The summed E-state index contributed by atoms with van der Waals surface area (Å²) in [5, 5.41) is 12.0. The van der Waals surface area contributed by atoms with E-state index in [2.05, 4.69) is 14.6 Å². The average Bonchev–Trinajstić information content (AvgIpc) is 2.35. The average molecular weight is 158 g/mol. The Bertz CT molecular complexity index is 257. The molecule has 0 spiro atoms. The lowest BCUT2D eigenvalue weighted by Crippen LogP contribution is -2.06. The Balaban J connectivity index is 2.57. The molecule has 0 aliphatic heterocycles. The molecule has 6 heteroatoms. The molecule has 0 fully saturated rings. The van der Waals surface area contributed by atoms with Crippen molar-refractivity contribution in [2.45, 2.75) is 0 Å². The van der Waals surface area contributed by atoms with Gasteiger partial charge in [0.2, 0.25) is 0 Å². The third kappa shape index (κ3) is 1.85. The van der Waals surface area contributed by atoms with Crippen LogP contribution in [0.25, 0.3) is 0 Å². The van der Waals surface area contributed by atoms with E-state index in [9.17, 15) is 4.79 Å². The number of ether oxygens (including phenoxy) is 2. The minimum atomic E-state index is -0.849. The normalized spacial score (nSPS) is 9.18. The molecule has 0 atom stereocenters. The first-order valence-electron chi connectivity index (χ1n) is 2.72. The van der Waals surface area contributed by atoms with Crippen LogP contribution in [0.4, 0.5) is 4.79 Å². The highest BCUT2D eigenvalue weighted by molar-refractivity contribution is 5.63. The van der Waals surface area contributed by atoms with Crippen LogP contribution >= 0.6 is 0 Å². The zero-order chi connectivity index (χ0) is 8.27. The van der Waals surface area contributed by atoms with Crippen LogP contribution in [0.15, 0.2) is 12.4 Å². The van der Waals surface area contributed by atoms with Gasteiger partial charge in [0, 0.05) is 0 Å². The minimum absolute atomic E-state index is 0.124. The molecule has 1 N–H and O–H groups in total. The van der Waals surface area contributed by atoms with Gasteiger partial charge in [-0.3, -0.25) is 0 Å². The van der Waals surface area contributed by atoms with E-state index in [1.165, 1.54) is 13.3 Å². The van der Waals surface area contributed by atoms with E-state index in [1.807, 2.05) is 0 Å². The van der Waals surface area contributed by atoms with Crippen LogP contribution in [0.5, 0.6) is 5.75 Å². The quantitative estimate of drug-likeness (QED) is 0.469. The molecule has 1 rings (SSSR count). The van der Waals surface area contributed by atoms with Crippen molar-refractivity contribution in [3.63, 3.8) is 0 Å². The Labute approximate surface area is 61.9 Å². The van der Waals surface area contributed by atoms with Crippen LogP contribution in [-0.4, -0.2) is 28.4 Å². The molecule has 1 aromatic heterocycles. The molecular weight excluding hydrogens is 152 g/mol. The molecule has 60 valence electrons. The summed E-state index contributed by atoms with van der Waals surface area (Å²) in [6.45, 7) is 0. The van der Waals surface area contributed by atoms with E-state index in [1.54, 1.807) is 0 Å². The summed E-state index contributed by atoms with van der Waals surface area (Å²) in [5.74, 6) is 0.124. The van der Waals surface area contributed by atoms with Crippen molar-refractivity contribution in [3.8, 4) is 5.75 Å². The zero-order valence-corrected chi connectivity index (χ0v) is 5.72. The highest BCUT2D eigenvalue weighted by Crippen LogP contribution is 2.06. The van der Waals surface area contributed by atoms with Gasteiger partial charge >= 0.3 is 6.16 Å². The second kappa shape index (κ2) is 2.91. The molecule has 0 aromatic carbocycles. The van der Waals surface area contributed by atoms with Gasteiger partial charge in [-0.2, -0.15) is 0 Å². The number of hydrogen-bond donors (Lipinski definition) is 1. The predicted octanol–water partition coefficient (Wildman–Crippen LogP) is 0.266. The fourth-order valence-electron chi connectivity index (χ4n) is 0.487. The molecule has 1 aromatic rings. The second-order valence-corrected chi connectivity index (χ2v) is 1.65. The summed E-state index contributed by atoms with van der Waals surface area (Å²) in [4.78, 5) is 11.0. The first-order chi connectivity index (χ1) is 5.22. The monoisotopic (exact) mass is 158 g/mol. The van der Waals surface area contributed by atoms with Crippen LogP contribution in [-0.2, 0) is 4.74 Å². The molecule has 1 heterocycles. The number of aromatic nitrogens is 2. The van der Waals surface area contributed by atoms with Gasteiger partial charge in [0.05, 0.1) is 13.3 Å². The molecule has 0 aliphatic carbocycles. The number of carbonyl (C=O) groups excluding carboxylic acids is 1. The van der Waals surface area contributed by atoms with Crippen molar-refractivity contribution in [1.29, 1.82) is 0 Å². The van der Waals surface area contributed by atoms with Gasteiger partial charge in [-0.05, 0) is 0 Å². The van der Waals surface area contributed by atoms with E-state index in [0.717, 1.165) is 6.20 Å². The van der Waals surface area contributed by atoms with E-state index >= 15 is 0 Å². The lowest BCUT2D eigenvalue weighted by Gasteiger charge is -1.95. The fraction of sp³-hybridized carbons (Fsp3) is 0.200. The topological polar surface area (TPSA) is 73.6 Å². The van der Waals surface area contributed by atoms with Crippen molar-refractivity contribution in [2.24, 2.45) is 0 Å². The van der Waals surface area contributed by atoms with Crippen LogP contribution in [0, 0.1) is 0 Å². The second-order valence-electron chi connectivity index (χ2n) is 1.65. The van der Waals surface area contributed by atoms with Crippen molar-refractivity contribution in [2.75, 3.05) is 7.11 Å². The lowest BCUT2D eigenvalue weighted by molar-refractivity contribution is 0.120. The highest BCUT2D eigenvalue weighted by atomic mass is 16.7. The molecule has 6 nitrogen and oxygen atoms in total. The first-order valence-corrected chi connectivity index (χ1v) is 2.72. The molecule has 0 saturated heterocycles. The molecular formula is C5H6N2O4. The number of carbonyl (C=O) groups is 1. The fourth-order valence-corrected chi connectivity index (χ4v) is 0.487. The number of rotatable bonds is 1. The summed E-state index contributed by atoms with van der Waals surface area (Å²) in [7, 11) is 1.19. The third-order valence-corrected chi connectivity index (χ3v) is 0.914. The molecule has 0 amide bonds. The number of methoxy groups -OCH3 is 1. The first kappa shape index (κ1) is 7.39. The smallest absolute Gasteiger partial charge is 0.437 e. The summed E-state index contributed by atoms with van der Waals surface area (Å²) in [5.41, 5.74) is 0. The Kier molecular flexibility index (Phi) is 1.95. The number of hydrogen-bond acceptors (Lipinski definition) is 5. The maximum absolute atomic E-state index is 10.4. The van der Waals surface area contributed by atoms with Crippen molar-refractivity contribution >= 4 is 6.16 Å². The minimum Gasteiger partial charge on any atom is -0.437 e. The predicted molar refractivity (Wildman–Crippen MR) is 32.4 cm³/mol. The van der Waals surface area contributed by atoms with Gasteiger partial charge < -0.3 is 14.7 Å². The van der Waals surface area contributed by atoms with Crippen LogP contribution in [0.1, 0.15) is 0 Å². The van der Waals surface area contributed by atoms with Crippen LogP contribution in [0.3, 0.4) is 0 Å². The highest BCUT2D eigenvalue weighted by Gasteiger charge is 2.04. The van der Waals surface area contributed by atoms with Gasteiger partial charge in [-0.15, -0.1) is 9.94 Å². The van der Waals surface area contributed by atoms with E-state index in [0.29, 0.717) is 4.85 Å². The molecule has 0 saturated carbocycles. The molecule has 0 bridgehead atoms. The summed E-state index contributed by atoms with van der Waals surface area (Å²) in [6, 6.07) is 0. The van der Waals surface area contributed by atoms with E-state index in [-0.39, 0.29) is 5.75 Å². The van der Waals surface area contributed by atoms with E-state index in [4.69, 9.17) is 5.21 Å². The van der Waals surface area contributed by atoms with Gasteiger partial charge in [-0.1, -0.05) is 0 Å². The summed E-state index contributed by atoms with van der Waals surface area (Å²) in [6.07, 6.45) is 1.45. The van der Waals surface area contributed by atoms with Crippen LogP contribution < -0.4 is 4.74 Å². The maximum atomic E-state index is 10.4. The van der Waals surface area contributed by atoms with Gasteiger partial charge in [0.15, 0.2) is 5.75 Å². The Hall–Kier alpha value is -1.72. The Morgan fingerprint density at radius 1 is 1.82 bits per heavy atom.